The Morgan fingerprint density at radius 3 is 1.96 bits per heavy atom. The fraction of sp³-hybridized carbons (Fsp3) is 0.600. The van der Waals surface area contributed by atoms with E-state index in [9.17, 15) is 9.59 Å². The maximum absolute atomic E-state index is 10.6. The average Bonchev–Trinajstić information content (AvgIpc) is 2.45. The van der Waals surface area contributed by atoms with E-state index in [0.717, 1.165) is 50.5 Å². The first-order valence-electron chi connectivity index (χ1n) is 8.70. The van der Waals surface area contributed by atoms with E-state index in [4.69, 9.17) is 10.2 Å². The predicted octanol–water partition coefficient (Wildman–Crippen LogP) is 5.75. The predicted molar refractivity (Wildman–Crippen MR) is 100 cm³/mol. The van der Waals surface area contributed by atoms with Gasteiger partial charge in [-0.05, 0) is 52.9 Å². The summed E-state index contributed by atoms with van der Waals surface area (Å²) in [4.78, 5) is 20.8. The molecule has 0 bridgehead atoms. The highest BCUT2D eigenvalue weighted by atomic mass is 16.4. The van der Waals surface area contributed by atoms with Crippen molar-refractivity contribution in [1.29, 1.82) is 0 Å². The average molecular weight is 338 g/mol. The molecule has 0 amide bonds. The van der Waals surface area contributed by atoms with Crippen molar-refractivity contribution in [3.63, 3.8) is 0 Å². The minimum absolute atomic E-state index is 0.575. The molecule has 0 saturated heterocycles. The van der Waals surface area contributed by atoms with E-state index < -0.39 is 11.9 Å². The van der Waals surface area contributed by atoms with Crippen LogP contribution >= 0.6 is 0 Å². The summed E-state index contributed by atoms with van der Waals surface area (Å²) in [6.45, 7) is 9.99. The van der Waals surface area contributed by atoms with Gasteiger partial charge in [0.05, 0.1) is 0 Å². The summed E-state index contributed by atoms with van der Waals surface area (Å²) >= 11 is 0. The van der Waals surface area contributed by atoms with Crippen molar-refractivity contribution in [2.75, 3.05) is 0 Å². The zero-order valence-corrected chi connectivity index (χ0v) is 15.9. The van der Waals surface area contributed by atoms with Crippen LogP contribution in [-0.2, 0) is 9.59 Å². The Labute approximate surface area is 147 Å². The van der Waals surface area contributed by atoms with Crippen molar-refractivity contribution in [2.24, 2.45) is 0 Å². The maximum Gasteiger partial charge on any atom is 0.331 e. The highest BCUT2D eigenvalue weighted by molar-refractivity contribution is 5.86. The third kappa shape index (κ3) is 18.2. The molecule has 0 saturated carbocycles. The van der Waals surface area contributed by atoms with Gasteiger partial charge in [-0.15, -0.1) is 0 Å². The van der Waals surface area contributed by atoms with Crippen LogP contribution in [0, 0.1) is 0 Å². The molecule has 0 radical (unpaired) electrons. The number of unbranched alkanes of at least 4 members (excludes halogenated alkanes) is 2. The lowest BCUT2D eigenvalue weighted by Gasteiger charge is -2.00. The Hall–Kier alpha value is -1.84. The minimum atomic E-state index is -0.857. The van der Waals surface area contributed by atoms with Crippen LogP contribution < -0.4 is 0 Å². The number of carboxylic acids is 2. The molecule has 4 nitrogen and oxygen atoms in total. The van der Waals surface area contributed by atoms with Gasteiger partial charge in [-0.2, -0.15) is 0 Å². The Kier molecular flexibility index (Phi) is 16.3. The smallest absolute Gasteiger partial charge is 0.331 e. The summed E-state index contributed by atoms with van der Waals surface area (Å²) < 4.78 is 0. The van der Waals surface area contributed by atoms with Gasteiger partial charge in [0, 0.05) is 11.6 Å². The fourth-order valence-corrected chi connectivity index (χ4v) is 1.98. The van der Waals surface area contributed by atoms with Crippen LogP contribution in [0.15, 0.2) is 34.9 Å². The van der Waals surface area contributed by atoms with Crippen molar-refractivity contribution in [1.82, 2.24) is 0 Å². The largest absolute Gasteiger partial charge is 0.478 e. The molecule has 0 rings (SSSR count). The summed E-state index contributed by atoms with van der Waals surface area (Å²) in [5.41, 5.74) is 2.77. The lowest BCUT2D eigenvalue weighted by molar-refractivity contribution is -0.133. The van der Waals surface area contributed by atoms with Gasteiger partial charge in [0.25, 0.3) is 0 Å². The van der Waals surface area contributed by atoms with Gasteiger partial charge in [-0.25, -0.2) is 9.59 Å². The van der Waals surface area contributed by atoms with Crippen LogP contribution in [-0.4, -0.2) is 22.2 Å². The van der Waals surface area contributed by atoms with E-state index >= 15 is 0 Å². The minimum Gasteiger partial charge on any atom is -0.478 e. The molecule has 0 aromatic heterocycles. The Balaban J connectivity index is 0. The summed E-state index contributed by atoms with van der Waals surface area (Å²) in [7, 11) is 0. The summed E-state index contributed by atoms with van der Waals surface area (Å²) in [6, 6.07) is 0. The van der Waals surface area contributed by atoms with Crippen molar-refractivity contribution in [3.05, 3.63) is 34.9 Å². The number of carbonyl (C=O) groups is 2. The first-order valence-corrected chi connectivity index (χ1v) is 8.70. The van der Waals surface area contributed by atoms with Crippen LogP contribution in [0.4, 0.5) is 0 Å². The quantitative estimate of drug-likeness (QED) is 0.302. The van der Waals surface area contributed by atoms with E-state index in [1.165, 1.54) is 11.6 Å². The molecular formula is C20H34O4. The topological polar surface area (TPSA) is 74.6 Å². The zero-order chi connectivity index (χ0) is 19.0. The van der Waals surface area contributed by atoms with Crippen LogP contribution in [0.2, 0.25) is 0 Å². The number of hydrogen-bond donors (Lipinski definition) is 2. The van der Waals surface area contributed by atoms with E-state index in [2.05, 4.69) is 13.0 Å². The zero-order valence-electron chi connectivity index (χ0n) is 15.9. The van der Waals surface area contributed by atoms with Gasteiger partial charge < -0.3 is 10.2 Å². The van der Waals surface area contributed by atoms with E-state index in [1.54, 1.807) is 6.08 Å². The molecule has 0 aliphatic heterocycles. The van der Waals surface area contributed by atoms with E-state index in [1.807, 2.05) is 27.7 Å². The third-order valence-electron chi connectivity index (χ3n) is 3.24. The highest BCUT2D eigenvalue weighted by Gasteiger charge is 2.04. The molecule has 0 aliphatic carbocycles. The number of rotatable bonds is 10. The molecule has 2 N–H and O–H groups in total. The standard InChI is InChI=1S/C10H16O2.C10H18O2/c1-8(2)5-4-6-9(3)7-10(11)12;1-3-5-6-8-9(7-4-2)10(11)12/h5,7H,4,6H2,1-3H3,(H,11,12);7H,3-6,8H2,1-2H3,(H,11,12)/b2*9-7+. The van der Waals surface area contributed by atoms with Gasteiger partial charge in [0.2, 0.25) is 0 Å². The van der Waals surface area contributed by atoms with E-state index in [-0.39, 0.29) is 0 Å². The molecule has 0 aromatic rings. The van der Waals surface area contributed by atoms with Crippen molar-refractivity contribution in [3.8, 4) is 0 Å². The summed E-state index contributed by atoms with van der Waals surface area (Å²) in [5, 5.41) is 17.1. The molecule has 24 heavy (non-hydrogen) atoms. The third-order valence-corrected chi connectivity index (χ3v) is 3.24. The van der Waals surface area contributed by atoms with Crippen molar-refractivity contribution >= 4 is 11.9 Å². The highest BCUT2D eigenvalue weighted by Crippen LogP contribution is 2.09. The Morgan fingerprint density at radius 2 is 1.54 bits per heavy atom. The number of allylic oxidation sites excluding steroid dienone is 4. The second-order valence-electron chi connectivity index (χ2n) is 6.05. The normalized spacial score (nSPS) is 11.4. The van der Waals surface area contributed by atoms with Crippen LogP contribution in [0.1, 0.15) is 79.6 Å². The second kappa shape index (κ2) is 16.0. The van der Waals surface area contributed by atoms with Gasteiger partial charge >= 0.3 is 11.9 Å². The molecule has 0 aromatic carbocycles. The lowest BCUT2D eigenvalue weighted by Crippen LogP contribution is -2.00. The monoisotopic (exact) mass is 338 g/mol. The van der Waals surface area contributed by atoms with Crippen molar-refractivity contribution < 1.29 is 19.8 Å². The number of hydrogen-bond acceptors (Lipinski definition) is 2. The number of aliphatic carboxylic acids is 2. The second-order valence-corrected chi connectivity index (χ2v) is 6.05. The molecule has 0 unspecified atom stereocenters. The number of carboxylic acid groups (broad SMARTS) is 2. The first-order chi connectivity index (χ1) is 11.2. The maximum atomic E-state index is 10.6. The van der Waals surface area contributed by atoms with E-state index in [0.29, 0.717) is 5.57 Å². The SMILES string of the molecule is CC(C)=CCC/C(C)=C/C(=O)O.CC/C=C(\CCCCC)C(=O)O. The van der Waals surface area contributed by atoms with Gasteiger partial charge in [-0.1, -0.05) is 50.0 Å². The summed E-state index contributed by atoms with van der Waals surface area (Å²) in [5.74, 6) is -1.61. The van der Waals surface area contributed by atoms with Crippen molar-refractivity contribution in [2.45, 2.75) is 79.6 Å². The molecule has 4 heteroatoms. The van der Waals surface area contributed by atoms with Crippen LogP contribution in [0.3, 0.4) is 0 Å². The molecule has 0 heterocycles. The Bertz CT molecular complexity index is 452. The van der Waals surface area contributed by atoms with Gasteiger partial charge in [-0.3, -0.25) is 0 Å². The molecule has 0 spiro atoms. The summed E-state index contributed by atoms with van der Waals surface area (Å²) in [6.07, 6.45) is 11.7. The van der Waals surface area contributed by atoms with Crippen LogP contribution in [0.25, 0.3) is 0 Å². The molecule has 138 valence electrons. The van der Waals surface area contributed by atoms with Gasteiger partial charge in [0.1, 0.15) is 0 Å². The fourth-order valence-electron chi connectivity index (χ4n) is 1.98. The lowest BCUT2D eigenvalue weighted by atomic mass is 10.1. The Morgan fingerprint density at radius 1 is 0.917 bits per heavy atom. The van der Waals surface area contributed by atoms with Crippen LogP contribution in [0.5, 0.6) is 0 Å². The molecule has 0 fully saturated rings. The molecule has 0 aliphatic rings. The molecule has 0 atom stereocenters. The molecular weight excluding hydrogens is 304 g/mol. The van der Waals surface area contributed by atoms with Gasteiger partial charge in [0.15, 0.2) is 0 Å². The first kappa shape index (κ1) is 24.4.